The van der Waals surface area contributed by atoms with Gasteiger partial charge in [-0.2, -0.15) is 0 Å². The minimum Gasteiger partial charge on any atom is -0.384 e. The highest BCUT2D eigenvalue weighted by Gasteiger charge is 2.50. The molecule has 4 rings (SSSR count). The summed E-state index contributed by atoms with van der Waals surface area (Å²) in [6, 6.07) is 0.833. The second-order valence-electron chi connectivity index (χ2n) is 9.60. The number of carbonyl (C=O) groups is 1. The molecule has 1 unspecified atom stereocenters. The van der Waals surface area contributed by atoms with Gasteiger partial charge in [-0.05, 0) is 43.4 Å². The van der Waals surface area contributed by atoms with Crippen LogP contribution in [0.4, 0.5) is 0 Å². The highest BCUT2D eigenvalue weighted by molar-refractivity contribution is 5.76. The van der Waals surface area contributed by atoms with E-state index in [2.05, 4.69) is 9.80 Å². The Labute approximate surface area is 159 Å². The van der Waals surface area contributed by atoms with Gasteiger partial charge in [0.25, 0.3) is 0 Å². The van der Waals surface area contributed by atoms with E-state index in [0.717, 1.165) is 44.5 Å². The lowest BCUT2D eigenvalue weighted by Crippen LogP contribution is -2.47. The van der Waals surface area contributed by atoms with Gasteiger partial charge in [0, 0.05) is 51.7 Å². The Kier molecular flexibility index (Phi) is 5.90. The molecule has 0 aromatic heterocycles. The van der Waals surface area contributed by atoms with E-state index in [1.807, 2.05) is 7.11 Å². The third kappa shape index (κ3) is 3.82. The van der Waals surface area contributed by atoms with Crippen LogP contribution >= 0.6 is 0 Å². The number of likely N-dealkylation sites (tertiary alicyclic amines) is 2. The van der Waals surface area contributed by atoms with Crippen LogP contribution in [0.5, 0.6) is 0 Å². The van der Waals surface area contributed by atoms with E-state index in [1.54, 1.807) is 0 Å². The summed E-state index contributed by atoms with van der Waals surface area (Å²) in [5.41, 5.74) is 0.397. The highest BCUT2D eigenvalue weighted by atomic mass is 16.5. The second kappa shape index (κ2) is 8.18. The number of rotatable bonds is 6. The summed E-state index contributed by atoms with van der Waals surface area (Å²) in [6.07, 6.45) is 13.9. The lowest BCUT2D eigenvalue weighted by molar-refractivity contribution is -0.134. The maximum atomic E-state index is 12.7. The molecule has 2 saturated carbocycles. The largest absolute Gasteiger partial charge is 0.384 e. The van der Waals surface area contributed by atoms with Gasteiger partial charge in [-0.25, -0.2) is 0 Å². The molecule has 2 saturated heterocycles. The molecule has 2 aliphatic heterocycles. The van der Waals surface area contributed by atoms with Crippen LogP contribution < -0.4 is 0 Å². The van der Waals surface area contributed by atoms with Gasteiger partial charge < -0.3 is 9.64 Å². The van der Waals surface area contributed by atoms with E-state index in [4.69, 9.17) is 4.74 Å². The van der Waals surface area contributed by atoms with Gasteiger partial charge in [-0.3, -0.25) is 9.69 Å². The van der Waals surface area contributed by atoms with Crippen LogP contribution in [0.1, 0.15) is 70.6 Å². The van der Waals surface area contributed by atoms with Gasteiger partial charge in [-0.1, -0.05) is 32.1 Å². The molecular weight excluding hydrogens is 324 g/mol. The van der Waals surface area contributed by atoms with Gasteiger partial charge >= 0.3 is 0 Å². The molecule has 148 valence electrons. The van der Waals surface area contributed by atoms with E-state index in [-0.39, 0.29) is 0 Å². The number of ether oxygens (including phenoxy) is 1. The maximum absolute atomic E-state index is 12.7. The monoisotopic (exact) mass is 362 g/mol. The molecule has 1 spiro atoms. The Balaban J connectivity index is 1.29. The standard InChI is InChI=1S/C22H38N2O2/c1-26-16-19-15-24(20-7-4-8-20)17-22(19)11-13-23(14-12-22)21(25)10-9-18-5-2-3-6-18/h18-20H,2-17H2,1H3. The van der Waals surface area contributed by atoms with E-state index in [9.17, 15) is 4.79 Å². The van der Waals surface area contributed by atoms with Crippen LogP contribution in [0, 0.1) is 17.3 Å². The van der Waals surface area contributed by atoms with Crippen molar-refractivity contribution in [2.24, 2.45) is 17.3 Å². The van der Waals surface area contributed by atoms with Crippen LogP contribution in [0.15, 0.2) is 0 Å². The first-order chi connectivity index (χ1) is 12.7. The zero-order valence-corrected chi connectivity index (χ0v) is 16.8. The van der Waals surface area contributed by atoms with Crippen molar-refractivity contribution < 1.29 is 9.53 Å². The molecule has 4 aliphatic rings. The van der Waals surface area contributed by atoms with Crippen LogP contribution in [0.2, 0.25) is 0 Å². The molecular formula is C22H38N2O2. The summed E-state index contributed by atoms with van der Waals surface area (Å²) >= 11 is 0. The van der Waals surface area contributed by atoms with Gasteiger partial charge in [0.1, 0.15) is 0 Å². The Morgan fingerprint density at radius 2 is 1.81 bits per heavy atom. The number of amides is 1. The van der Waals surface area contributed by atoms with E-state index in [0.29, 0.717) is 17.2 Å². The Morgan fingerprint density at radius 1 is 1.08 bits per heavy atom. The minimum atomic E-state index is 0.397. The van der Waals surface area contributed by atoms with Crippen molar-refractivity contribution in [2.75, 3.05) is 39.9 Å². The first kappa shape index (κ1) is 18.7. The van der Waals surface area contributed by atoms with Crippen molar-refractivity contribution >= 4 is 5.91 Å². The van der Waals surface area contributed by atoms with E-state index >= 15 is 0 Å². The number of methoxy groups -OCH3 is 1. The number of hydrogen-bond acceptors (Lipinski definition) is 3. The molecule has 4 heteroatoms. The van der Waals surface area contributed by atoms with E-state index < -0.39 is 0 Å². The molecule has 0 aromatic carbocycles. The molecule has 26 heavy (non-hydrogen) atoms. The maximum Gasteiger partial charge on any atom is 0.222 e. The predicted molar refractivity (Wildman–Crippen MR) is 104 cm³/mol. The topological polar surface area (TPSA) is 32.8 Å². The molecule has 0 aromatic rings. The zero-order chi connectivity index (χ0) is 18.0. The summed E-state index contributed by atoms with van der Waals surface area (Å²) in [5, 5.41) is 0. The van der Waals surface area contributed by atoms with Crippen LogP contribution in [-0.4, -0.2) is 61.6 Å². The highest BCUT2D eigenvalue weighted by Crippen LogP contribution is 2.47. The van der Waals surface area contributed by atoms with Gasteiger partial charge in [0.05, 0.1) is 6.61 Å². The minimum absolute atomic E-state index is 0.397. The fourth-order valence-electron chi connectivity index (χ4n) is 6.09. The molecule has 2 heterocycles. The van der Waals surface area contributed by atoms with Crippen LogP contribution in [-0.2, 0) is 9.53 Å². The molecule has 2 aliphatic carbocycles. The fraction of sp³-hybridized carbons (Fsp3) is 0.955. The first-order valence-electron chi connectivity index (χ1n) is 11.2. The SMILES string of the molecule is COCC1CN(C2CCC2)CC12CCN(C(=O)CCC1CCCC1)CC2. The molecule has 4 fully saturated rings. The fourth-order valence-corrected chi connectivity index (χ4v) is 6.09. The second-order valence-corrected chi connectivity index (χ2v) is 9.60. The summed E-state index contributed by atoms with van der Waals surface area (Å²) < 4.78 is 5.60. The summed E-state index contributed by atoms with van der Waals surface area (Å²) in [4.78, 5) is 17.6. The molecule has 0 bridgehead atoms. The number of nitrogens with zero attached hydrogens (tertiary/aromatic N) is 2. The van der Waals surface area contributed by atoms with Crippen molar-refractivity contribution in [3.63, 3.8) is 0 Å². The van der Waals surface area contributed by atoms with Crippen molar-refractivity contribution in [2.45, 2.75) is 76.7 Å². The average Bonchev–Trinajstić information content (AvgIpc) is 3.22. The van der Waals surface area contributed by atoms with Crippen molar-refractivity contribution in [1.82, 2.24) is 9.80 Å². The van der Waals surface area contributed by atoms with Gasteiger partial charge in [-0.15, -0.1) is 0 Å². The van der Waals surface area contributed by atoms with Gasteiger partial charge in [0.2, 0.25) is 5.91 Å². The molecule has 0 N–H and O–H groups in total. The lowest BCUT2D eigenvalue weighted by Gasteiger charge is -2.43. The number of piperidine rings is 1. The predicted octanol–water partition coefficient (Wildman–Crippen LogP) is 3.70. The number of carbonyl (C=O) groups excluding carboxylic acids is 1. The lowest BCUT2D eigenvalue weighted by atomic mass is 9.71. The van der Waals surface area contributed by atoms with Crippen LogP contribution in [0.25, 0.3) is 0 Å². The Morgan fingerprint density at radius 3 is 2.42 bits per heavy atom. The smallest absolute Gasteiger partial charge is 0.222 e. The van der Waals surface area contributed by atoms with E-state index in [1.165, 1.54) is 70.9 Å². The van der Waals surface area contributed by atoms with Crippen LogP contribution in [0.3, 0.4) is 0 Å². The third-order valence-electron chi connectivity index (χ3n) is 8.15. The summed E-state index contributed by atoms with van der Waals surface area (Å²) in [7, 11) is 1.85. The molecule has 1 atom stereocenters. The summed E-state index contributed by atoms with van der Waals surface area (Å²) in [6.45, 7) is 5.30. The molecule has 1 amide bonds. The quantitative estimate of drug-likeness (QED) is 0.722. The Bertz CT molecular complexity index is 477. The average molecular weight is 363 g/mol. The first-order valence-corrected chi connectivity index (χ1v) is 11.2. The Hall–Kier alpha value is -0.610. The zero-order valence-electron chi connectivity index (χ0n) is 16.8. The van der Waals surface area contributed by atoms with Crippen molar-refractivity contribution in [1.29, 1.82) is 0 Å². The normalized spacial score (nSPS) is 30.2. The number of hydrogen-bond donors (Lipinski definition) is 0. The van der Waals surface area contributed by atoms with Crippen molar-refractivity contribution in [3.05, 3.63) is 0 Å². The third-order valence-corrected chi connectivity index (χ3v) is 8.15. The molecule has 0 radical (unpaired) electrons. The van der Waals surface area contributed by atoms with Gasteiger partial charge in [0.15, 0.2) is 0 Å². The van der Waals surface area contributed by atoms with Crippen molar-refractivity contribution in [3.8, 4) is 0 Å². The summed E-state index contributed by atoms with van der Waals surface area (Å²) in [5.74, 6) is 1.90. The molecule has 4 nitrogen and oxygen atoms in total.